The molecule has 0 radical (unpaired) electrons. The fraction of sp³-hybridized carbons (Fsp3) is 0.438. The average Bonchev–Trinajstić information content (AvgIpc) is 2.72. The van der Waals surface area contributed by atoms with Crippen molar-refractivity contribution in [1.29, 1.82) is 0 Å². The third-order valence-electron chi connectivity index (χ3n) is 3.46. The van der Waals surface area contributed by atoms with Crippen LogP contribution in [0.1, 0.15) is 43.1 Å². The Morgan fingerprint density at radius 1 is 1.32 bits per heavy atom. The number of fused-ring (bicyclic) bond motifs is 1. The average molecular weight is 259 g/mol. The van der Waals surface area contributed by atoms with Gasteiger partial charge in [-0.25, -0.2) is 0 Å². The van der Waals surface area contributed by atoms with Crippen LogP contribution in [0.5, 0.6) is 0 Å². The van der Waals surface area contributed by atoms with Gasteiger partial charge in [0.2, 0.25) is 0 Å². The quantitative estimate of drug-likeness (QED) is 0.857. The van der Waals surface area contributed by atoms with E-state index in [-0.39, 0.29) is 12.0 Å². The standard InChI is InChI=1S/C16H21NO2/c1-16(2,3)13-5-6-15-14(9-13)12(11-19)10-17(15)7-4-8-18/h5-6,9-11,18H,4,7-8H2,1-3H3. The van der Waals surface area contributed by atoms with Crippen molar-refractivity contribution in [3.63, 3.8) is 0 Å². The molecule has 1 aromatic carbocycles. The number of aldehydes is 1. The van der Waals surface area contributed by atoms with E-state index in [4.69, 9.17) is 5.11 Å². The summed E-state index contributed by atoms with van der Waals surface area (Å²) in [5.74, 6) is 0. The molecule has 102 valence electrons. The Morgan fingerprint density at radius 2 is 2.05 bits per heavy atom. The maximum atomic E-state index is 11.2. The molecule has 0 unspecified atom stereocenters. The third-order valence-corrected chi connectivity index (χ3v) is 3.46. The first-order valence-corrected chi connectivity index (χ1v) is 6.67. The Hall–Kier alpha value is -1.61. The van der Waals surface area contributed by atoms with E-state index in [0.29, 0.717) is 6.42 Å². The summed E-state index contributed by atoms with van der Waals surface area (Å²) < 4.78 is 2.04. The number of rotatable bonds is 4. The molecule has 1 N–H and O–H groups in total. The summed E-state index contributed by atoms with van der Waals surface area (Å²) in [6.07, 6.45) is 3.48. The molecule has 3 nitrogen and oxygen atoms in total. The predicted octanol–water partition coefficient (Wildman–Crippen LogP) is 3.13. The zero-order chi connectivity index (χ0) is 14.0. The Bertz CT molecular complexity index is 591. The van der Waals surface area contributed by atoms with Crippen LogP contribution < -0.4 is 0 Å². The lowest BCUT2D eigenvalue weighted by Crippen LogP contribution is -2.10. The number of aryl methyl sites for hydroxylation is 1. The highest BCUT2D eigenvalue weighted by molar-refractivity contribution is 5.98. The Labute approximate surface area is 113 Å². The number of aromatic nitrogens is 1. The van der Waals surface area contributed by atoms with E-state index in [9.17, 15) is 4.79 Å². The van der Waals surface area contributed by atoms with Gasteiger partial charge in [-0.2, -0.15) is 0 Å². The molecule has 1 aromatic heterocycles. The number of aliphatic hydroxyl groups is 1. The van der Waals surface area contributed by atoms with E-state index in [1.807, 2.05) is 10.8 Å². The second-order valence-electron chi connectivity index (χ2n) is 5.95. The molecular formula is C16H21NO2. The Kier molecular flexibility index (Phi) is 3.76. The normalized spacial score (nSPS) is 12.0. The number of hydrogen-bond acceptors (Lipinski definition) is 2. The van der Waals surface area contributed by atoms with Gasteiger partial charge >= 0.3 is 0 Å². The molecule has 0 bridgehead atoms. The highest BCUT2D eigenvalue weighted by atomic mass is 16.3. The molecule has 0 saturated heterocycles. The summed E-state index contributed by atoms with van der Waals surface area (Å²) in [5, 5.41) is 9.93. The van der Waals surface area contributed by atoms with Crippen LogP contribution >= 0.6 is 0 Å². The Morgan fingerprint density at radius 3 is 2.63 bits per heavy atom. The lowest BCUT2D eigenvalue weighted by atomic mass is 9.86. The molecule has 0 atom stereocenters. The maximum Gasteiger partial charge on any atom is 0.152 e. The molecule has 2 aromatic rings. The highest BCUT2D eigenvalue weighted by Crippen LogP contribution is 2.28. The second-order valence-corrected chi connectivity index (χ2v) is 5.95. The fourth-order valence-corrected chi connectivity index (χ4v) is 2.31. The fourth-order valence-electron chi connectivity index (χ4n) is 2.31. The van der Waals surface area contributed by atoms with E-state index in [0.717, 1.165) is 29.3 Å². The van der Waals surface area contributed by atoms with E-state index in [2.05, 4.69) is 39.0 Å². The summed E-state index contributed by atoms with van der Waals surface area (Å²) in [6.45, 7) is 7.39. The topological polar surface area (TPSA) is 42.2 Å². The van der Waals surface area contributed by atoms with Gasteiger partial charge in [-0.15, -0.1) is 0 Å². The van der Waals surface area contributed by atoms with Gasteiger partial charge in [0.05, 0.1) is 0 Å². The summed E-state index contributed by atoms with van der Waals surface area (Å²) in [4.78, 5) is 11.2. The molecule has 0 saturated carbocycles. The first-order chi connectivity index (χ1) is 8.97. The van der Waals surface area contributed by atoms with Gasteiger partial charge in [-0.3, -0.25) is 4.79 Å². The van der Waals surface area contributed by atoms with Crippen molar-refractivity contribution in [2.75, 3.05) is 6.61 Å². The monoisotopic (exact) mass is 259 g/mol. The van der Waals surface area contributed by atoms with Gasteiger partial charge in [-0.1, -0.05) is 26.8 Å². The minimum atomic E-state index is 0.0710. The second kappa shape index (κ2) is 5.17. The molecule has 0 aliphatic heterocycles. The van der Waals surface area contributed by atoms with Gasteiger partial charge in [-0.05, 0) is 29.5 Å². The van der Waals surface area contributed by atoms with Gasteiger partial charge in [0.25, 0.3) is 0 Å². The van der Waals surface area contributed by atoms with Crippen LogP contribution in [0, 0.1) is 0 Å². The third kappa shape index (κ3) is 2.71. The number of carbonyl (C=O) groups excluding carboxylic acids is 1. The first-order valence-electron chi connectivity index (χ1n) is 6.67. The number of carbonyl (C=O) groups is 1. The van der Waals surface area contributed by atoms with Crippen molar-refractivity contribution >= 4 is 17.2 Å². The molecule has 0 fully saturated rings. The molecule has 0 spiro atoms. The van der Waals surface area contributed by atoms with Crippen molar-refractivity contribution in [1.82, 2.24) is 4.57 Å². The molecular weight excluding hydrogens is 238 g/mol. The van der Waals surface area contributed by atoms with Gasteiger partial charge < -0.3 is 9.67 Å². The zero-order valence-corrected chi connectivity index (χ0v) is 11.8. The SMILES string of the molecule is CC(C)(C)c1ccc2c(c1)c(C=O)cn2CCCO. The number of nitrogens with zero attached hydrogens (tertiary/aromatic N) is 1. The van der Waals surface area contributed by atoms with Crippen molar-refractivity contribution < 1.29 is 9.90 Å². The number of benzene rings is 1. The molecule has 19 heavy (non-hydrogen) atoms. The van der Waals surface area contributed by atoms with Gasteiger partial charge in [0.1, 0.15) is 0 Å². The maximum absolute atomic E-state index is 11.2. The van der Waals surface area contributed by atoms with Crippen LogP contribution in [0.15, 0.2) is 24.4 Å². The lowest BCUT2D eigenvalue weighted by molar-refractivity contribution is 0.112. The molecule has 0 aliphatic rings. The zero-order valence-electron chi connectivity index (χ0n) is 11.8. The predicted molar refractivity (Wildman–Crippen MR) is 77.7 cm³/mol. The van der Waals surface area contributed by atoms with Crippen LogP contribution in [-0.2, 0) is 12.0 Å². The van der Waals surface area contributed by atoms with Gasteiger partial charge in [0, 0.05) is 35.8 Å². The minimum Gasteiger partial charge on any atom is -0.396 e. The molecule has 1 heterocycles. The van der Waals surface area contributed by atoms with Crippen molar-refractivity contribution in [3.8, 4) is 0 Å². The Balaban J connectivity index is 2.55. The highest BCUT2D eigenvalue weighted by Gasteiger charge is 2.16. The van der Waals surface area contributed by atoms with E-state index in [1.54, 1.807) is 0 Å². The van der Waals surface area contributed by atoms with Crippen molar-refractivity contribution in [2.24, 2.45) is 0 Å². The lowest BCUT2D eigenvalue weighted by Gasteiger charge is -2.19. The van der Waals surface area contributed by atoms with E-state index in [1.165, 1.54) is 5.56 Å². The van der Waals surface area contributed by atoms with Crippen molar-refractivity contribution in [2.45, 2.75) is 39.2 Å². The van der Waals surface area contributed by atoms with Crippen molar-refractivity contribution in [3.05, 3.63) is 35.5 Å². The van der Waals surface area contributed by atoms with Crippen LogP contribution in [0.2, 0.25) is 0 Å². The molecule has 3 heteroatoms. The van der Waals surface area contributed by atoms with Crippen LogP contribution in [0.3, 0.4) is 0 Å². The van der Waals surface area contributed by atoms with E-state index >= 15 is 0 Å². The molecule has 2 rings (SSSR count). The summed E-state index contributed by atoms with van der Waals surface area (Å²) in [6, 6.07) is 6.29. The van der Waals surface area contributed by atoms with Gasteiger partial charge in [0.15, 0.2) is 6.29 Å². The van der Waals surface area contributed by atoms with E-state index < -0.39 is 0 Å². The summed E-state index contributed by atoms with van der Waals surface area (Å²) >= 11 is 0. The number of hydrogen-bond donors (Lipinski definition) is 1. The van der Waals surface area contributed by atoms with Crippen LogP contribution in [0.25, 0.3) is 10.9 Å². The first kappa shape index (κ1) is 13.8. The number of aliphatic hydroxyl groups excluding tert-OH is 1. The largest absolute Gasteiger partial charge is 0.396 e. The summed E-state index contributed by atoms with van der Waals surface area (Å²) in [5.41, 5.74) is 3.08. The van der Waals surface area contributed by atoms with Crippen LogP contribution in [0.4, 0.5) is 0 Å². The molecule has 0 amide bonds. The molecule has 0 aliphatic carbocycles. The summed E-state index contributed by atoms with van der Waals surface area (Å²) in [7, 11) is 0. The van der Waals surface area contributed by atoms with Crippen LogP contribution in [-0.4, -0.2) is 22.6 Å². The minimum absolute atomic E-state index is 0.0710. The smallest absolute Gasteiger partial charge is 0.152 e.